The van der Waals surface area contributed by atoms with Gasteiger partial charge in [0.25, 0.3) is 0 Å². The molecule has 0 aliphatic carbocycles. The second-order valence-corrected chi connectivity index (χ2v) is 4.72. The topological polar surface area (TPSA) is 113 Å². The summed E-state index contributed by atoms with van der Waals surface area (Å²) in [6, 6.07) is 0. The van der Waals surface area contributed by atoms with Gasteiger partial charge in [0.1, 0.15) is 5.69 Å². The van der Waals surface area contributed by atoms with Gasteiger partial charge in [0.05, 0.1) is 4.92 Å². The van der Waals surface area contributed by atoms with Gasteiger partial charge >= 0.3 is 5.69 Å². The fraction of sp³-hybridized carbons (Fsp3) is 0.692. The van der Waals surface area contributed by atoms with E-state index in [9.17, 15) is 10.1 Å². The van der Waals surface area contributed by atoms with Gasteiger partial charge in [-0.15, -0.1) is 0 Å². The normalized spacial score (nSPS) is 10.4. The van der Waals surface area contributed by atoms with Crippen LogP contribution in [0.1, 0.15) is 38.3 Å². The van der Waals surface area contributed by atoms with Crippen molar-refractivity contribution in [3.05, 3.63) is 15.8 Å². The molecular formula is C13H23N5O3. The van der Waals surface area contributed by atoms with E-state index in [2.05, 4.69) is 20.6 Å². The molecule has 0 saturated carbocycles. The zero-order valence-electron chi connectivity index (χ0n) is 12.6. The summed E-state index contributed by atoms with van der Waals surface area (Å²) >= 11 is 0. The summed E-state index contributed by atoms with van der Waals surface area (Å²) in [5.74, 6) is 0.646. The third-order valence-corrected chi connectivity index (χ3v) is 2.90. The molecule has 0 atom stereocenters. The zero-order chi connectivity index (χ0) is 15.7. The first kappa shape index (κ1) is 17.1. The molecule has 118 valence electrons. The monoisotopic (exact) mass is 297 g/mol. The van der Waals surface area contributed by atoms with Crippen LogP contribution < -0.4 is 10.6 Å². The molecule has 0 fully saturated rings. The zero-order valence-corrected chi connectivity index (χ0v) is 12.6. The maximum Gasteiger partial charge on any atom is 0.332 e. The van der Waals surface area contributed by atoms with Crippen LogP contribution in [0.25, 0.3) is 0 Å². The highest BCUT2D eigenvalue weighted by atomic mass is 16.6. The Hall–Kier alpha value is -1.96. The number of rotatable bonds is 10. The Balaban J connectivity index is 2.80. The minimum atomic E-state index is -0.463. The van der Waals surface area contributed by atoms with E-state index in [-0.39, 0.29) is 18.1 Å². The molecule has 0 radical (unpaired) electrons. The molecule has 1 aromatic rings. The first-order chi connectivity index (χ1) is 10.1. The number of hydrogen-bond donors (Lipinski definition) is 3. The van der Waals surface area contributed by atoms with Gasteiger partial charge in [0.15, 0.2) is 0 Å². The Kier molecular flexibility index (Phi) is 7.38. The van der Waals surface area contributed by atoms with Gasteiger partial charge in [-0.3, -0.25) is 10.1 Å². The lowest BCUT2D eigenvalue weighted by Crippen LogP contribution is -2.12. The molecule has 8 nitrogen and oxygen atoms in total. The predicted octanol–water partition coefficient (Wildman–Crippen LogP) is 2.09. The number of nitrogens with zero attached hydrogens (tertiary/aromatic N) is 3. The number of aryl methyl sites for hydroxylation is 1. The minimum absolute atomic E-state index is 0.0841. The number of aromatic nitrogens is 2. The molecule has 0 spiro atoms. The fourth-order valence-electron chi connectivity index (χ4n) is 1.85. The fourth-order valence-corrected chi connectivity index (χ4v) is 1.85. The van der Waals surface area contributed by atoms with Crippen LogP contribution in [0.3, 0.4) is 0 Å². The second kappa shape index (κ2) is 9.06. The third-order valence-electron chi connectivity index (χ3n) is 2.90. The van der Waals surface area contributed by atoms with Crippen LogP contribution in [0.5, 0.6) is 0 Å². The molecule has 0 saturated heterocycles. The lowest BCUT2D eigenvalue weighted by molar-refractivity contribution is -0.385. The maximum absolute atomic E-state index is 11.1. The molecule has 0 aliphatic rings. The summed E-state index contributed by atoms with van der Waals surface area (Å²) in [5.41, 5.74) is 0.255. The van der Waals surface area contributed by atoms with Gasteiger partial charge < -0.3 is 15.7 Å². The Morgan fingerprint density at radius 1 is 1.19 bits per heavy atom. The molecule has 0 amide bonds. The van der Waals surface area contributed by atoms with E-state index in [0.29, 0.717) is 24.7 Å². The SMILES string of the molecule is CCCNc1nc(C)c([N+](=O)[O-])c(NCCCCCO)n1. The largest absolute Gasteiger partial charge is 0.396 e. The molecule has 8 heteroatoms. The molecular weight excluding hydrogens is 274 g/mol. The van der Waals surface area contributed by atoms with Crippen molar-refractivity contribution in [3.63, 3.8) is 0 Å². The summed E-state index contributed by atoms with van der Waals surface area (Å²) in [5, 5.41) is 25.9. The summed E-state index contributed by atoms with van der Waals surface area (Å²) in [6.45, 7) is 5.08. The number of aliphatic hydroxyl groups excluding tert-OH is 1. The van der Waals surface area contributed by atoms with E-state index in [0.717, 1.165) is 25.7 Å². The molecule has 0 unspecified atom stereocenters. The summed E-state index contributed by atoms with van der Waals surface area (Å²) < 4.78 is 0. The van der Waals surface area contributed by atoms with Gasteiger partial charge in [0.2, 0.25) is 11.8 Å². The number of unbranched alkanes of at least 4 members (excludes halogenated alkanes) is 2. The summed E-state index contributed by atoms with van der Waals surface area (Å²) in [4.78, 5) is 19.0. The number of hydrogen-bond acceptors (Lipinski definition) is 7. The van der Waals surface area contributed by atoms with Crippen molar-refractivity contribution >= 4 is 17.5 Å². The van der Waals surface area contributed by atoms with Gasteiger partial charge in [-0.1, -0.05) is 6.92 Å². The molecule has 1 aromatic heterocycles. The van der Waals surface area contributed by atoms with Crippen LogP contribution in [0.2, 0.25) is 0 Å². The molecule has 0 bridgehead atoms. The van der Waals surface area contributed by atoms with E-state index in [4.69, 9.17) is 5.11 Å². The molecule has 21 heavy (non-hydrogen) atoms. The highest BCUT2D eigenvalue weighted by Crippen LogP contribution is 2.26. The Morgan fingerprint density at radius 2 is 1.95 bits per heavy atom. The van der Waals surface area contributed by atoms with E-state index >= 15 is 0 Å². The van der Waals surface area contributed by atoms with E-state index in [1.54, 1.807) is 6.92 Å². The average molecular weight is 297 g/mol. The van der Waals surface area contributed by atoms with Gasteiger partial charge in [0, 0.05) is 19.7 Å². The van der Waals surface area contributed by atoms with Crippen molar-refractivity contribution in [3.8, 4) is 0 Å². The number of nitrogens with one attached hydrogen (secondary N) is 2. The van der Waals surface area contributed by atoms with Crippen molar-refractivity contribution in [2.75, 3.05) is 30.3 Å². The van der Waals surface area contributed by atoms with Crippen LogP contribution in [-0.2, 0) is 0 Å². The van der Waals surface area contributed by atoms with Crippen molar-refractivity contribution in [2.24, 2.45) is 0 Å². The lowest BCUT2D eigenvalue weighted by atomic mass is 10.2. The smallest absolute Gasteiger partial charge is 0.332 e. The number of anilines is 2. The van der Waals surface area contributed by atoms with E-state index in [1.807, 2.05) is 6.92 Å². The first-order valence-corrected chi connectivity index (χ1v) is 7.21. The van der Waals surface area contributed by atoms with Crippen molar-refractivity contribution in [2.45, 2.75) is 39.5 Å². The van der Waals surface area contributed by atoms with Crippen LogP contribution in [0.4, 0.5) is 17.5 Å². The Labute approximate surface area is 124 Å². The van der Waals surface area contributed by atoms with Crippen molar-refractivity contribution in [1.82, 2.24) is 9.97 Å². The maximum atomic E-state index is 11.1. The van der Waals surface area contributed by atoms with Gasteiger partial charge in [-0.2, -0.15) is 4.98 Å². The predicted molar refractivity (Wildman–Crippen MR) is 81.6 cm³/mol. The van der Waals surface area contributed by atoms with Crippen LogP contribution in [-0.4, -0.2) is 39.7 Å². The average Bonchev–Trinajstić information content (AvgIpc) is 2.44. The third kappa shape index (κ3) is 5.50. The molecule has 1 heterocycles. The van der Waals surface area contributed by atoms with Crippen molar-refractivity contribution in [1.29, 1.82) is 0 Å². The highest BCUT2D eigenvalue weighted by Gasteiger charge is 2.21. The van der Waals surface area contributed by atoms with E-state index < -0.39 is 4.92 Å². The van der Waals surface area contributed by atoms with Crippen LogP contribution in [0.15, 0.2) is 0 Å². The summed E-state index contributed by atoms with van der Waals surface area (Å²) in [7, 11) is 0. The van der Waals surface area contributed by atoms with Crippen LogP contribution in [0, 0.1) is 17.0 Å². The number of nitro groups is 1. The molecule has 1 rings (SSSR count). The van der Waals surface area contributed by atoms with Crippen molar-refractivity contribution < 1.29 is 10.0 Å². The van der Waals surface area contributed by atoms with Crippen LogP contribution >= 0.6 is 0 Å². The number of aliphatic hydroxyl groups is 1. The minimum Gasteiger partial charge on any atom is -0.396 e. The standard InChI is InChI=1S/C13H23N5O3/c1-3-7-15-13-16-10(2)11(18(20)21)12(17-13)14-8-5-4-6-9-19/h19H,3-9H2,1-2H3,(H2,14,15,16,17). The van der Waals surface area contributed by atoms with Gasteiger partial charge in [-0.25, -0.2) is 4.98 Å². The molecule has 0 aromatic carbocycles. The second-order valence-electron chi connectivity index (χ2n) is 4.72. The highest BCUT2D eigenvalue weighted by molar-refractivity contribution is 5.60. The molecule has 3 N–H and O–H groups in total. The van der Waals surface area contributed by atoms with Gasteiger partial charge in [-0.05, 0) is 32.6 Å². The lowest BCUT2D eigenvalue weighted by Gasteiger charge is -2.10. The Morgan fingerprint density at radius 3 is 2.57 bits per heavy atom. The van der Waals surface area contributed by atoms with E-state index in [1.165, 1.54) is 0 Å². The summed E-state index contributed by atoms with van der Waals surface area (Å²) in [6.07, 6.45) is 3.33. The molecule has 0 aliphatic heterocycles. The quantitative estimate of drug-likeness (QED) is 0.344. The first-order valence-electron chi connectivity index (χ1n) is 7.21. The Bertz CT molecular complexity index is 467.